The number of nitrogens with one attached hydrogen (secondary N) is 1. The van der Waals surface area contributed by atoms with Gasteiger partial charge in [-0.25, -0.2) is 0 Å². The topological polar surface area (TPSA) is 51.1 Å². The van der Waals surface area contributed by atoms with Crippen LogP contribution in [0.15, 0.2) is 47.4 Å². The maximum Gasteiger partial charge on any atom is 0.417 e. The normalized spacial score (nSPS) is 12.7. The quantitative estimate of drug-likeness (QED) is 0.823. The van der Waals surface area contributed by atoms with Gasteiger partial charge in [-0.2, -0.15) is 13.2 Å². The summed E-state index contributed by atoms with van der Waals surface area (Å²) in [6.45, 7) is 1.26. The van der Waals surface area contributed by atoms with Gasteiger partial charge in [0.1, 0.15) is 11.6 Å². The molecule has 0 spiro atoms. The molecule has 4 nitrogen and oxygen atoms in total. The average Bonchev–Trinajstić information content (AvgIpc) is 2.57. The van der Waals surface area contributed by atoms with Crippen molar-refractivity contribution in [3.63, 3.8) is 0 Å². The summed E-state index contributed by atoms with van der Waals surface area (Å²) < 4.78 is 39.1. The van der Waals surface area contributed by atoms with Crippen molar-refractivity contribution in [3.8, 4) is 0 Å². The molecule has 0 fully saturated rings. The first-order valence-corrected chi connectivity index (χ1v) is 8.35. The highest BCUT2D eigenvalue weighted by Gasteiger charge is 2.32. The summed E-state index contributed by atoms with van der Waals surface area (Å²) in [5.41, 5.74) is -0.798. The number of aromatic nitrogens is 1. The van der Waals surface area contributed by atoms with Crippen molar-refractivity contribution in [1.29, 1.82) is 0 Å². The van der Waals surface area contributed by atoms with E-state index in [1.807, 2.05) is 30.3 Å². The van der Waals surface area contributed by atoms with E-state index in [-0.39, 0.29) is 6.04 Å². The van der Waals surface area contributed by atoms with E-state index in [1.54, 1.807) is 6.92 Å². The number of alkyl halides is 3. The standard InChI is InChI=1S/C18H18ClF3N2O2/c1-12(7-8-13-5-3-2-4-6-13)23-16(25)11-24-10-14(18(20,21)22)9-15(19)17(24)26/h2-6,9-10,12H,7-8,11H2,1H3,(H,23,25)/t12-/m0/s1. The van der Waals surface area contributed by atoms with Crippen molar-refractivity contribution < 1.29 is 18.0 Å². The van der Waals surface area contributed by atoms with Gasteiger partial charge >= 0.3 is 6.18 Å². The van der Waals surface area contributed by atoms with Crippen LogP contribution in [0.2, 0.25) is 5.02 Å². The van der Waals surface area contributed by atoms with Crippen LogP contribution in [0.25, 0.3) is 0 Å². The maximum absolute atomic E-state index is 12.8. The molecule has 1 aromatic carbocycles. The number of aryl methyl sites for hydroxylation is 1. The summed E-state index contributed by atoms with van der Waals surface area (Å²) in [5.74, 6) is -0.553. The summed E-state index contributed by atoms with van der Waals surface area (Å²) in [4.78, 5) is 23.9. The van der Waals surface area contributed by atoms with Crippen molar-refractivity contribution in [2.75, 3.05) is 0 Å². The number of amides is 1. The predicted molar refractivity (Wildman–Crippen MR) is 93.1 cm³/mol. The first kappa shape index (κ1) is 20.0. The number of pyridine rings is 1. The van der Waals surface area contributed by atoms with Gasteiger partial charge in [-0.05, 0) is 31.4 Å². The second-order valence-electron chi connectivity index (χ2n) is 6.00. The summed E-state index contributed by atoms with van der Waals surface area (Å²) in [6, 6.07) is 10.1. The van der Waals surface area contributed by atoms with Gasteiger partial charge in [0, 0.05) is 12.2 Å². The number of benzene rings is 1. The minimum Gasteiger partial charge on any atom is -0.352 e. The molecule has 0 aliphatic rings. The van der Waals surface area contributed by atoms with Crippen LogP contribution in [0.4, 0.5) is 13.2 Å². The second kappa shape index (κ2) is 8.40. The molecular weight excluding hydrogens is 369 g/mol. The van der Waals surface area contributed by atoms with Crippen molar-refractivity contribution in [2.45, 2.75) is 38.5 Å². The number of hydrogen-bond acceptors (Lipinski definition) is 2. The molecule has 2 aromatic rings. The largest absolute Gasteiger partial charge is 0.417 e. The van der Waals surface area contributed by atoms with Crippen molar-refractivity contribution >= 4 is 17.5 Å². The Kier molecular flexibility index (Phi) is 6.47. The Morgan fingerprint density at radius 2 is 1.92 bits per heavy atom. The van der Waals surface area contributed by atoms with E-state index in [1.165, 1.54) is 0 Å². The SMILES string of the molecule is C[C@@H](CCc1ccccc1)NC(=O)Cn1cc(C(F)(F)F)cc(Cl)c1=O. The fraction of sp³-hybridized carbons (Fsp3) is 0.333. The Hall–Kier alpha value is -2.28. The van der Waals surface area contributed by atoms with Gasteiger partial charge in [0.2, 0.25) is 5.91 Å². The van der Waals surface area contributed by atoms with Crippen molar-refractivity contribution in [1.82, 2.24) is 9.88 Å². The van der Waals surface area contributed by atoms with Crippen LogP contribution < -0.4 is 10.9 Å². The molecule has 0 radical (unpaired) electrons. The van der Waals surface area contributed by atoms with E-state index in [0.29, 0.717) is 23.3 Å². The van der Waals surface area contributed by atoms with Crippen molar-refractivity contribution in [3.05, 3.63) is 69.1 Å². The highest BCUT2D eigenvalue weighted by Crippen LogP contribution is 2.29. The summed E-state index contributed by atoms with van der Waals surface area (Å²) >= 11 is 5.57. The molecular formula is C18H18ClF3N2O2. The van der Waals surface area contributed by atoms with Gasteiger partial charge in [0.25, 0.3) is 5.56 Å². The third-order valence-corrected chi connectivity index (χ3v) is 4.07. The fourth-order valence-electron chi connectivity index (χ4n) is 2.45. The maximum atomic E-state index is 12.8. The third-order valence-electron chi connectivity index (χ3n) is 3.80. The van der Waals surface area contributed by atoms with Gasteiger partial charge < -0.3 is 9.88 Å². The van der Waals surface area contributed by atoms with E-state index < -0.39 is 34.8 Å². The highest BCUT2D eigenvalue weighted by molar-refractivity contribution is 6.30. The molecule has 140 valence electrons. The minimum absolute atomic E-state index is 0.195. The minimum atomic E-state index is -4.65. The zero-order valence-electron chi connectivity index (χ0n) is 14.0. The molecule has 0 saturated carbocycles. The molecule has 0 unspecified atom stereocenters. The van der Waals surface area contributed by atoms with Gasteiger partial charge in [-0.3, -0.25) is 9.59 Å². The first-order chi connectivity index (χ1) is 12.2. The molecule has 2 rings (SSSR count). The molecule has 1 amide bonds. The van der Waals surface area contributed by atoms with Gasteiger partial charge in [-0.15, -0.1) is 0 Å². The van der Waals surface area contributed by atoms with E-state index in [2.05, 4.69) is 5.32 Å². The van der Waals surface area contributed by atoms with E-state index in [0.717, 1.165) is 12.0 Å². The molecule has 1 N–H and O–H groups in total. The lowest BCUT2D eigenvalue weighted by Gasteiger charge is -2.16. The zero-order valence-corrected chi connectivity index (χ0v) is 14.8. The molecule has 0 saturated heterocycles. The van der Waals surface area contributed by atoms with E-state index in [4.69, 9.17) is 11.6 Å². The lowest BCUT2D eigenvalue weighted by atomic mass is 10.1. The molecule has 8 heteroatoms. The average molecular weight is 387 g/mol. The van der Waals surface area contributed by atoms with Crippen molar-refractivity contribution in [2.24, 2.45) is 0 Å². The monoisotopic (exact) mass is 386 g/mol. The summed E-state index contributed by atoms with van der Waals surface area (Å²) in [6.07, 6.45) is -2.65. The number of rotatable bonds is 6. The lowest BCUT2D eigenvalue weighted by Crippen LogP contribution is -2.38. The summed E-state index contributed by atoms with van der Waals surface area (Å²) in [5, 5.41) is 2.10. The Labute approximate surface area is 153 Å². The first-order valence-electron chi connectivity index (χ1n) is 7.97. The third kappa shape index (κ3) is 5.62. The van der Waals surface area contributed by atoms with Crippen LogP contribution in [0, 0.1) is 0 Å². The molecule has 1 atom stereocenters. The Bertz CT molecular complexity index is 819. The Morgan fingerprint density at radius 1 is 1.27 bits per heavy atom. The predicted octanol–water partition coefficient (Wildman–Crippen LogP) is 3.66. The highest BCUT2D eigenvalue weighted by atomic mass is 35.5. The van der Waals surface area contributed by atoms with Gasteiger partial charge in [0.15, 0.2) is 0 Å². The molecule has 0 bridgehead atoms. The zero-order chi connectivity index (χ0) is 19.3. The molecule has 1 aromatic heterocycles. The molecule has 0 aliphatic carbocycles. The smallest absolute Gasteiger partial charge is 0.352 e. The van der Waals surface area contributed by atoms with E-state index >= 15 is 0 Å². The molecule has 26 heavy (non-hydrogen) atoms. The Morgan fingerprint density at radius 3 is 2.54 bits per heavy atom. The van der Waals surface area contributed by atoms with Crippen LogP contribution in [0.1, 0.15) is 24.5 Å². The second-order valence-corrected chi connectivity index (χ2v) is 6.41. The van der Waals surface area contributed by atoms with Crippen LogP contribution in [0.5, 0.6) is 0 Å². The summed E-state index contributed by atoms with van der Waals surface area (Å²) in [7, 11) is 0. The van der Waals surface area contributed by atoms with Crippen LogP contribution in [-0.2, 0) is 23.9 Å². The van der Waals surface area contributed by atoms with Crippen LogP contribution >= 0.6 is 11.6 Å². The van der Waals surface area contributed by atoms with Crippen LogP contribution in [-0.4, -0.2) is 16.5 Å². The van der Waals surface area contributed by atoms with E-state index in [9.17, 15) is 22.8 Å². The number of carbonyl (C=O) groups is 1. The number of hydrogen-bond donors (Lipinski definition) is 1. The lowest BCUT2D eigenvalue weighted by molar-refractivity contribution is -0.138. The molecule has 0 aliphatic heterocycles. The molecule has 1 heterocycles. The Balaban J connectivity index is 1.99. The number of halogens is 4. The fourth-order valence-corrected chi connectivity index (χ4v) is 2.67. The number of nitrogens with zero attached hydrogens (tertiary/aromatic N) is 1. The van der Waals surface area contributed by atoms with Crippen LogP contribution in [0.3, 0.4) is 0 Å². The van der Waals surface area contributed by atoms with Gasteiger partial charge in [0.05, 0.1) is 5.56 Å². The van der Waals surface area contributed by atoms with Gasteiger partial charge in [-0.1, -0.05) is 41.9 Å². The number of carbonyl (C=O) groups excluding carboxylic acids is 1.